The van der Waals surface area contributed by atoms with Gasteiger partial charge in [-0.15, -0.1) is 0 Å². The molecule has 0 aliphatic rings. The minimum atomic E-state index is -4.95. The van der Waals surface area contributed by atoms with Crippen LogP contribution >= 0.6 is 30.4 Å². The molecule has 4 rings (SSSR count). The molecular weight excluding hydrogens is 897 g/mol. The minimum absolute atomic E-state index is 0.0151. The van der Waals surface area contributed by atoms with E-state index < -0.39 is 42.5 Å². The number of hydrogen-bond acceptors (Lipinski definition) is 10. The van der Waals surface area contributed by atoms with Crippen molar-refractivity contribution in [1.29, 1.82) is 0 Å². The highest BCUT2D eigenvalue weighted by Gasteiger charge is 2.38. The zero-order valence-electron chi connectivity index (χ0n) is 34.5. The maximum atomic E-state index is 13.0. The molecule has 0 saturated carbocycles. The third-order valence-electron chi connectivity index (χ3n) is 7.34. The molecule has 1 amide bonds. The Hall–Kier alpha value is -3.94. The molecule has 22 heteroatoms. The lowest BCUT2D eigenvalue weighted by atomic mass is 10.3. The van der Waals surface area contributed by atoms with Gasteiger partial charge in [-0.1, -0.05) is 99.5 Å². The summed E-state index contributed by atoms with van der Waals surface area (Å²) in [6, 6.07) is 34.9. The molecule has 0 aliphatic carbocycles. The number of alkyl halides is 3. The molecule has 346 valence electrons. The summed E-state index contributed by atoms with van der Waals surface area (Å²) in [5.41, 5.74) is 4.99. The van der Waals surface area contributed by atoms with Gasteiger partial charge in [0.25, 0.3) is 0 Å². The quantitative estimate of drug-likeness (QED) is 0.0336. The SMILES string of the molecule is CCCCP(=O)(O)O.CCCCP(=O)(Oc1ccccc1)Oc1ccccc1.NCCCP(=O)(O)O.O=C(NCCCP(=O)(Oc1ccccc1)Oc1ccccc1)C(F)(F)F. The van der Waals surface area contributed by atoms with Gasteiger partial charge in [0, 0.05) is 12.7 Å². The molecule has 0 atom stereocenters. The fourth-order valence-corrected chi connectivity index (χ4v) is 9.16. The van der Waals surface area contributed by atoms with Gasteiger partial charge in [0.15, 0.2) is 0 Å². The van der Waals surface area contributed by atoms with E-state index in [0.29, 0.717) is 48.5 Å². The predicted molar refractivity (Wildman–Crippen MR) is 234 cm³/mol. The number of nitrogens with one attached hydrogen (secondary N) is 1. The summed E-state index contributed by atoms with van der Waals surface area (Å²) in [4.78, 5) is 43.7. The van der Waals surface area contributed by atoms with Crippen LogP contribution in [0.5, 0.6) is 23.0 Å². The first-order chi connectivity index (χ1) is 29.1. The Morgan fingerprint density at radius 2 is 0.823 bits per heavy atom. The molecule has 0 aromatic heterocycles. The van der Waals surface area contributed by atoms with Crippen LogP contribution in [0, 0.1) is 0 Å². The molecule has 0 aliphatic heterocycles. The summed E-state index contributed by atoms with van der Waals surface area (Å²) >= 11 is 0. The molecule has 62 heavy (non-hydrogen) atoms. The molecule has 0 heterocycles. The first-order valence-corrected chi connectivity index (χ1v) is 26.5. The van der Waals surface area contributed by atoms with E-state index in [2.05, 4.69) is 6.92 Å². The van der Waals surface area contributed by atoms with E-state index in [1.165, 1.54) is 0 Å². The van der Waals surface area contributed by atoms with Crippen molar-refractivity contribution in [1.82, 2.24) is 5.32 Å². The lowest BCUT2D eigenvalue weighted by molar-refractivity contribution is -0.173. The van der Waals surface area contributed by atoms with Gasteiger partial charge < -0.3 is 48.7 Å². The first kappa shape index (κ1) is 56.1. The summed E-state index contributed by atoms with van der Waals surface area (Å²) in [6.45, 7) is 3.98. The maximum absolute atomic E-state index is 13.0. The second kappa shape index (κ2) is 29.4. The van der Waals surface area contributed by atoms with Crippen LogP contribution in [0.1, 0.15) is 52.4 Å². The minimum Gasteiger partial charge on any atom is -0.416 e. The topological polar surface area (TPSA) is 241 Å². The summed E-state index contributed by atoms with van der Waals surface area (Å²) in [5.74, 6) is -0.275. The van der Waals surface area contributed by atoms with E-state index >= 15 is 0 Å². The zero-order chi connectivity index (χ0) is 46.5. The molecule has 0 saturated heterocycles. The average Bonchev–Trinajstić information content (AvgIpc) is 3.21. The number of carbonyl (C=O) groups excluding carboxylic acids is 1. The predicted octanol–water partition coefficient (Wildman–Crippen LogP) is 10.0. The summed E-state index contributed by atoms with van der Waals surface area (Å²) in [6.07, 6.45) is -1.20. The Morgan fingerprint density at radius 3 is 1.06 bits per heavy atom. The second-order valence-corrected chi connectivity index (χ2v) is 20.6. The summed E-state index contributed by atoms with van der Waals surface area (Å²) in [7, 11) is -14.3. The standard InChI is InChI=1S/C17H17F3NO4P.C16H19O3P.C4H11O3P.C3H10NO3P/c18-17(19,20)16(22)21-12-7-13-26(23,24-14-8-3-1-4-9-14)25-15-10-5-2-6-11-15;1-2-3-14-20(17,18-15-10-6-4-7-11-15)19-16-12-8-5-9-13-16;1-2-3-4-8(5,6)7;4-2-1-3-8(5,6)7/h1-6,8-11H,7,12-13H2,(H,21,22);4-13H,2-3,14H2,1H3;2-4H2,1H3,(H2,5,6,7);1-4H2,(H2,5,6,7). The molecule has 0 fully saturated rings. The number of carbonyl (C=O) groups is 1. The highest BCUT2D eigenvalue weighted by molar-refractivity contribution is 7.55. The zero-order valence-corrected chi connectivity index (χ0v) is 38.1. The molecule has 0 radical (unpaired) electrons. The van der Waals surface area contributed by atoms with Crippen LogP contribution in [0.2, 0.25) is 0 Å². The van der Waals surface area contributed by atoms with Crippen molar-refractivity contribution in [3.05, 3.63) is 121 Å². The highest BCUT2D eigenvalue weighted by Crippen LogP contribution is 2.50. The van der Waals surface area contributed by atoms with E-state index in [4.69, 9.17) is 43.4 Å². The number of amides is 1. The summed E-state index contributed by atoms with van der Waals surface area (Å²) < 4.78 is 105. The van der Waals surface area contributed by atoms with Gasteiger partial charge in [0.1, 0.15) is 23.0 Å². The van der Waals surface area contributed by atoms with Crippen molar-refractivity contribution in [2.75, 3.05) is 37.7 Å². The molecule has 7 N–H and O–H groups in total. The Morgan fingerprint density at radius 1 is 0.532 bits per heavy atom. The monoisotopic (exact) mass is 954 g/mol. The van der Waals surface area contributed by atoms with Crippen LogP contribution in [0.15, 0.2) is 121 Å². The van der Waals surface area contributed by atoms with Crippen molar-refractivity contribution >= 4 is 36.3 Å². The maximum Gasteiger partial charge on any atom is 0.471 e. The molecular formula is C40H57F3N2O13P4. The van der Waals surface area contributed by atoms with Crippen molar-refractivity contribution in [2.24, 2.45) is 5.73 Å². The number of hydrogen-bond donors (Lipinski definition) is 6. The Kier molecular flexibility index (Phi) is 26.6. The largest absolute Gasteiger partial charge is 0.471 e. The number of nitrogens with two attached hydrogens (primary N) is 1. The third-order valence-corrected chi connectivity index (χ3v) is 12.8. The Bertz CT molecular complexity index is 1880. The fourth-order valence-electron chi connectivity index (χ4n) is 4.38. The second-order valence-electron chi connectivity index (χ2n) is 13.0. The van der Waals surface area contributed by atoms with Gasteiger partial charge in [0.2, 0.25) is 0 Å². The molecule has 4 aromatic carbocycles. The smallest absolute Gasteiger partial charge is 0.416 e. The van der Waals surface area contributed by atoms with Crippen LogP contribution in [-0.2, 0) is 23.1 Å². The van der Waals surface area contributed by atoms with E-state index in [1.54, 1.807) is 90.2 Å². The summed E-state index contributed by atoms with van der Waals surface area (Å²) in [5, 5.41) is 1.73. The van der Waals surface area contributed by atoms with Crippen molar-refractivity contribution in [2.45, 2.75) is 58.5 Å². The van der Waals surface area contributed by atoms with Gasteiger partial charge in [0.05, 0.1) is 18.5 Å². The molecule has 0 bridgehead atoms. The molecule has 4 aromatic rings. The lowest BCUT2D eigenvalue weighted by Crippen LogP contribution is -2.37. The van der Waals surface area contributed by atoms with Crippen molar-refractivity contribution in [3.63, 3.8) is 0 Å². The number of rotatable bonds is 21. The molecule has 15 nitrogen and oxygen atoms in total. The lowest BCUT2D eigenvalue weighted by Gasteiger charge is -2.20. The number of benzene rings is 4. The van der Waals surface area contributed by atoms with Gasteiger partial charge in [-0.25, -0.2) is 9.13 Å². The third kappa shape index (κ3) is 28.6. The van der Waals surface area contributed by atoms with E-state index in [-0.39, 0.29) is 31.5 Å². The van der Waals surface area contributed by atoms with Crippen LogP contribution in [-0.4, -0.2) is 69.4 Å². The van der Waals surface area contributed by atoms with E-state index in [1.807, 2.05) is 43.3 Å². The highest BCUT2D eigenvalue weighted by atomic mass is 31.2. The van der Waals surface area contributed by atoms with Crippen LogP contribution < -0.4 is 29.1 Å². The van der Waals surface area contributed by atoms with Gasteiger partial charge in [-0.2, -0.15) is 13.2 Å². The fraction of sp³-hybridized carbons (Fsp3) is 0.375. The normalized spacial score (nSPS) is 11.5. The van der Waals surface area contributed by atoms with E-state index in [9.17, 15) is 36.2 Å². The van der Waals surface area contributed by atoms with Crippen LogP contribution in [0.25, 0.3) is 0 Å². The Labute approximate surface area is 360 Å². The first-order valence-electron chi connectivity index (χ1n) is 19.4. The average molecular weight is 955 g/mol. The van der Waals surface area contributed by atoms with Crippen LogP contribution in [0.4, 0.5) is 13.2 Å². The Balaban J connectivity index is 0.000000468. The van der Waals surface area contributed by atoms with Gasteiger partial charge >= 0.3 is 42.5 Å². The van der Waals surface area contributed by atoms with E-state index in [0.717, 1.165) is 19.3 Å². The van der Waals surface area contributed by atoms with Gasteiger partial charge in [-0.05, 0) is 80.8 Å². The number of para-hydroxylation sites is 4. The molecule has 0 spiro atoms. The number of unbranched alkanes of at least 4 members (excludes halogenated alkanes) is 2. The molecule has 0 unspecified atom stereocenters. The number of halogens is 3. The van der Waals surface area contributed by atoms with Crippen LogP contribution in [0.3, 0.4) is 0 Å². The van der Waals surface area contributed by atoms with Crippen molar-refractivity contribution in [3.8, 4) is 23.0 Å². The van der Waals surface area contributed by atoms with Crippen molar-refractivity contribution < 1.29 is 73.9 Å². The van der Waals surface area contributed by atoms with Gasteiger partial charge in [-0.3, -0.25) is 13.9 Å².